The minimum Gasteiger partial charge on any atom is -0.463 e. The van der Waals surface area contributed by atoms with E-state index in [2.05, 4.69) is 33.9 Å². The molecular weight excluding hydrogens is 232 g/mol. The summed E-state index contributed by atoms with van der Waals surface area (Å²) >= 11 is 0. The van der Waals surface area contributed by atoms with E-state index < -0.39 is 8.32 Å². The summed E-state index contributed by atoms with van der Waals surface area (Å²) in [4.78, 5) is 11.2. The summed E-state index contributed by atoms with van der Waals surface area (Å²) in [5.41, 5.74) is 0. The molecule has 1 atom stereocenters. The minimum absolute atomic E-state index is 0.0553. The van der Waals surface area contributed by atoms with E-state index in [1.165, 1.54) is 6.08 Å². The third-order valence-electron chi connectivity index (χ3n) is 3.08. The Bertz CT molecular complexity index is 277. The second-order valence-corrected chi connectivity index (χ2v) is 10.5. The van der Waals surface area contributed by atoms with Crippen molar-refractivity contribution in [3.63, 3.8) is 0 Å². The van der Waals surface area contributed by atoms with Crippen molar-refractivity contribution in [2.24, 2.45) is 0 Å². The lowest BCUT2D eigenvalue weighted by molar-refractivity contribution is -0.137. The van der Waals surface area contributed by atoms with Gasteiger partial charge in [0.05, 0.1) is 12.7 Å². The second-order valence-electron chi connectivity index (χ2n) is 5.69. The molecule has 3 nitrogen and oxygen atoms in total. The highest BCUT2D eigenvalue weighted by molar-refractivity contribution is 6.74. The van der Waals surface area contributed by atoms with Gasteiger partial charge in [-0.3, -0.25) is 0 Å². The Morgan fingerprint density at radius 3 is 2.29 bits per heavy atom. The molecule has 0 heterocycles. The lowest BCUT2D eigenvalue weighted by Crippen LogP contribution is -2.42. The molecule has 0 aromatic carbocycles. The molecule has 0 aliphatic rings. The molecule has 0 unspecified atom stereocenters. The fourth-order valence-corrected chi connectivity index (χ4v) is 2.45. The van der Waals surface area contributed by atoms with Gasteiger partial charge >= 0.3 is 5.97 Å². The molecule has 0 rings (SSSR count). The van der Waals surface area contributed by atoms with Crippen molar-refractivity contribution < 1.29 is 14.0 Å². The Morgan fingerprint density at radius 2 is 1.88 bits per heavy atom. The van der Waals surface area contributed by atoms with Gasteiger partial charge in [0.2, 0.25) is 0 Å². The summed E-state index contributed by atoms with van der Waals surface area (Å²) in [7, 11) is -1.76. The monoisotopic (exact) mass is 258 g/mol. The predicted octanol–water partition coefficient (Wildman–Crippen LogP) is 3.52. The highest BCUT2D eigenvalue weighted by Crippen LogP contribution is 2.37. The van der Waals surface area contributed by atoms with Crippen LogP contribution in [-0.2, 0) is 14.0 Å². The van der Waals surface area contributed by atoms with Crippen LogP contribution in [0.2, 0.25) is 18.1 Å². The highest BCUT2D eigenvalue weighted by Gasteiger charge is 2.37. The van der Waals surface area contributed by atoms with E-state index >= 15 is 0 Å². The zero-order valence-corrected chi connectivity index (χ0v) is 13.2. The fourth-order valence-electron chi connectivity index (χ4n) is 1.09. The normalized spacial score (nSPS) is 15.0. The maximum atomic E-state index is 11.2. The largest absolute Gasteiger partial charge is 0.463 e. The molecule has 0 aromatic heterocycles. The zero-order valence-electron chi connectivity index (χ0n) is 12.2. The van der Waals surface area contributed by atoms with Crippen LogP contribution < -0.4 is 0 Å². The van der Waals surface area contributed by atoms with Crippen LogP contribution in [-0.4, -0.2) is 27.0 Å². The average molecular weight is 258 g/mol. The third kappa shape index (κ3) is 6.03. The molecule has 100 valence electrons. The van der Waals surface area contributed by atoms with Crippen LogP contribution in [0.15, 0.2) is 12.2 Å². The van der Waals surface area contributed by atoms with E-state index in [1.807, 2.05) is 6.92 Å². The smallest absolute Gasteiger partial charge is 0.330 e. The second kappa shape index (κ2) is 6.35. The maximum absolute atomic E-state index is 11.2. The standard InChI is InChI=1S/C13H26O3Si/c1-8-15-12(14)10-9-11(2)16-17(6,7)13(3,4)5/h9-11H,8H2,1-7H3/b10-9+/t11-/m0/s1. The molecule has 0 spiro atoms. The van der Waals surface area contributed by atoms with Gasteiger partial charge < -0.3 is 9.16 Å². The summed E-state index contributed by atoms with van der Waals surface area (Å²) in [6.45, 7) is 15.1. The van der Waals surface area contributed by atoms with Gasteiger partial charge in [0.15, 0.2) is 8.32 Å². The Hall–Kier alpha value is -0.613. The van der Waals surface area contributed by atoms with Crippen molar-refractivity contribution in [3.05, 3.63) is 12.2 Å². The molecule has 0 saturated heterocycles. The molecule has 0 aromatic rings. The number of hydrogen-bond donors (Lipinski definition) is 0. The Balaban J connectivity index is 4.37. The van der Waals surface area contributed by atoms with Gasteiger partial charge in [-0.25, -0.2) is 4.79 Å². The Kier molecular flexibility index (Phi) is 6.13. The van der Waals surface area contributed by atoms with Crippen LogP contribution in [0.4, 0.5) is 0 Å². The van der Waals surface area contributed by atoms with E-state index in [0.29, 0.717) is 6.61 Å². The molecule has 0 radical (unpaired) electrons. The van der Waals surface area contributed by atoms with Crippen molar-refractivity contribution in [3.8, 4) is 0 Å². The molecule has 0 aliphatic carbocycles. The first-order valence-electron chi connectivity index (χ1n) is 6.13. The van der Waals surface area contributed by atoms with Crippen molar-refractivity contribution in [2.45, 2.75) is 58.9 Å². The van der Waals surface area contributed by atoms with Crippen LogP contribution in [0.5, 0.6) is 0 Å². The summed E-state index contributed by atoms with van der Waals surface area (Å²) in [6, 6.07) is 0. The van der Waals surface area contributed by atoms with Crippen LogP contribution >= 0.6 is 0 Å². The van der Waals surface area contributed by atoms with E-state index in [1.54, 1.807) is 13.0 Å². The molecule has 0 bridgehead atoms. The van der Waals surface area contributed by atoms with Gasteiger partial charge in [0, 0.05) is 6.08 Å². The average Bonchev–Trinajstić information content (AvgIpc) is 2.12. The molecule has 0 N–H and O–H groups in total. The van der Waals surface area contributed by atoms with Gasteiger partial charge in [-0.1, -0.05) is 26.8 Å². The summed E-state index contributed by atoms with van der Waals surface area (Å²) in [5.74, 6) is -0.307. The van der Waals surface area contributed by atoms with Gasteiger partial charge in [0.1, 0.15) is 0 Å². The summed E-state index contributed by atoms with van der Waals surface area (Å²) in [6.07, 6.45) is 3.15. The lowest BCUT2D eigenvalue weighted by atomic mass is 10.2. The lowest BCUT2D eigenvalue weighted by Gasteiger charge is -2.37. The van der Waals surface area contributed by atoms with E-state index in [-0.39, 0.29) is 17.1 Å². The van der Waals surface area contributed by atoms with E-state index in [0.717, 1.165) is 0 Å². The van der Waals surface area contributed by atoms with Crippen LogP contribution in [0.3, 0.4) is 0 Å². The fraction of sp³-hybridized carbons (Fsp3) is 0.769. The quantitative estimate of drug-likeness (QED) is 0.430. The molecule has 0 aliphatic heterocycles. The molecule has 0 fully saturated rings. The summed E-state index contributed by atoms with van der Waals surface area (Å²) < 4.78 is 10.9. The first kappa shape index (κ1) is 16.4. The highest BCUT2D eigenvalue weighted by atomic mass is 28.4. The Labute approximate surface area is 106 Å². The molecule has 0 amide bonds. The third-order valence-corrected chi connectivity index (χ3v) is 7.65. The number of esters is 1. The molecular formula is C13H26O3Si. The number of ether oxygens (including phenoxy) is 1. The van der Waals surface area contributed by atoms with Crippen molar-refractivity contribution in [1.82, 2.24) is 0 Å². The van der Waals surface area contributed by atoms with Gasteiger partial charge in [-0.2, -0.15) is 0 Å². The SMILES string of the molecule is CCOC(=O)/C=C/[C@H](C)O[Si](C)(C)C(C)(C)C. The Morgan fingerprint density at radius 1 is 1.35 bits per heavy atom. The summed E-state index contributed by atoms with van der Waals surface area (Å²) in [5, 5.41) is 0.180. The first-order chi connectivity index (χ1) is 7.60. The van der Waals surface area contributed by atoms with Gasteiger partial charge in [-0.15, -0.1) is 0 Å². The minimum atomic E-state index is -1.76. The van der Waals surface area contributed by atoms with E-state index in [9.17, 15) is 4.79 Å². The number of carbonyl (C=O) groups is 1. The molecule has 4 heteroatoms. The van der Waals surface area contributed by atoms with Crippen molar-refractivity contribution >= 4 is 14.3 Å². The van der Waals surface area contributed by atoms with Gasteiger partial charge in [0.25, 0.3) is 0 Å². The zero-order chi connectivity index (χ0) is 13.7. The van der Waals surface area contributed by atoms with Crippen molar-refractivity contribution in [1.29, 1.82) is 0 Å². The first-order valence-corrected chi connectivity index (χ1v) is 9.03. The van der Waals surface area contributed by atoms with Crippen molar-refractivity contribution in [2.75, 3.05) is 6.61 Å². The van der Waals surface area contributed by atoms with E-state index in [4.69, 9.17) is 9.16 Å². The molecule has 17 heavy (non-hydrogen) atoms. The molecule has 0 saturated carbocycles. The number of hydrogen-bond acceptors (Lipinski definition) is 3. The predicted molar refractivity (Wildman–Crippen MR) is 73.5 cm³/mol. The van der Waals surface area contributed by atoms with Crippen LogP contribution in [0.25, 0.3) is 0 Å². The topological polar surface area (TPSA) is 35.5 Å². The van der Waals surface area contributed by atoms with Crippen LogP contribution in [0.1, 0.15) is 34.6 Å². The maximum Gasteiger partial charge on any atom is 0.330 e. The van der Waals surface area contributed by atoms with Gasteiger partial charge in [-0.05, 0) is 32.0 Å². The van der Waals surface area contributed by atoms with Crippen LogP contribution in [0, 0.1) is 0 Å². The number of rotatable bonds is 5. The number of carbonyl (C=O) groups excluding carboxylic acids is 1.